The standard InChI is InChI=1S/C12H23BrN2O3/c13-3-4-14-9-1-2-10(16)11(12(9)17)15-5-7-18-8-6-15/h9-12,14,16-17H,1-8H2/t9-,10+,11-,12+/m0/s1. The van der Waals surface area contributed by atoms with E-state index in [9.17, 15) is 10.2 Å². The topological polar surface area (TPSA) is 65.0 Å². The Kier molecular flexibility index (Phi) is 5.85. The summed E-state index contributed by atoms with van der Waals surface area (Å²) in [6, 6.07) is -0.0747. The predicted octanol–water partition coefficient (Wildman–Crippen LogP) is -0.444. The van der Waals surface area contributed by atoms with Crippen LogP contribution in [0, 0.1) is 0 Å². The molecular weight excluding hydrogens is 300 g/mol. The van der Waals surface area contributed by atoms with Crippen molar-refractivity contribution in [2.24, 2.45) is 0 Å². The van der Waals surface area contributed by atoms with Gasteiger partial charge >= 0.3 is 0 Å². The number of aliphatic hydroxyl groups excluding tert-OH is 2. The fourth-order valence-electron chi connectivity index (χ4n) is 2.96. The molecule has 0 aromatic heterocycles. The second-order valence-electron chi connectivity index (χ2n) is 5.02. The summed E-state index contributed by atoms with van der Waals surface area (Å²) >= 11 is 3.38. The maximum absolute atomic E-state index is 10.5. The molecule has 0 spiro atoms. The van der Waals surface area contributed by atoms with E-state index < -0.39 is 12.2 Å². The van der Waals surface area contributed by atoms with Crippen LogP contribution in [0.3, 0.4) is 0 Å². The van der Waals surface area contributed by atoms with Crippen LogP contribution in [-0.4, -0.2) is 77.6 Å². The molecule has 1 aliphatic heterocycles. The molecule has 1 aliphatic carbocycles. The Morgan fingerprint density at radius 1 is 1.22 bits per heavy atom. The summed E-state index contributed by atoms with van der Waals surface area (Å²) in [5, 5.41) is 24.8. The lowest BCUT2D eigenvalue weighted by molar-refractivity contribution is -0.0957. The van der Waals surface area contributed by atoms with Gasteiger partial charge in [-0.05, 0) is 12.8 Å². The van der Waals surface area contributed by atoms with Gasteiger partial charge in [0.25, 0.3) is 0 Å². The van der Waals surface area contributed by atoms with Gasteiger partial charge in [0.2, 0.25) is 0 Å². The molecule has 3 N–H and O–H groups in total. The molecular formula is C12H23BrN2O3. The monoisotopic (exact) mass is 322 g/mol. The lowest BCUT2D eigenvalue weighted by Crippen LogP contribution is -2.63. The summed E-state index contributed by atoms with van der Waals surface area (Å²) in [5.41, 5.74) is 0. The number of nitrogens with zero attached hydrogens (tertiary/aromatic N) is 1. The number of halogens is 1. The van der Waals surface area contributed by atoms with Crippen molar-refractivity contribution in [1.82, 2.24) is 10.2 Å². The molecule has 0 aromatic carbocycles. The zero-order valence-electron chi connectivity index (χ0n) is 10.6. The average molecular weight is 323 g/mol. The smallest absolute Gasteiger partial charge is 0.0873 e. The molecule has 2 aliphatic rings. The summed E-state index contributed by atoms with van der Waals surface area (Å²) in [6.45, 7) is 3.81. The van der Waals surface area contributed by atoms with Crippen molar-refractivity contribution in [3.05, 3.63) is 0 Å². The molecule has 2 rings (SSSR count). The molecule has 1 saturated carbocycles. The fourth-order valence-corrected chi connectivity index (χ4v) is 3.18. The number of hydrogen-bond acceptors (Lipinski definition) is 5. The molecule has 6 heteroatoms. The molecule has 2 fully saturated rings. The highest BCUT2D eigenvalue weighted by Crippen LogP contribution is 2.25. The SMILES string of the molecule is O[C@H]1[C@@H](N2CCOCC2)[C@H](O)CC[C@@H]1NCCBr. The third-order valence-electron chi connectivity index (χ3n) is 3.90. The van der Waals surface area contributed by atoms with Crippen molar-refractivity contribution < 1.29 is 14.9 Å². The van der Waals surface area contributed by atoms with E-state index >= 15 is 0 Å². The van der Waals surface area contributed by atoms with E-state index in [4.69, 9.17) is 4.74 Å². The number of alkyl halides is 1. The van der Waals surface area contributed by atoms with Gasteiger partial charge in [0.1, 0.15) is 0 Å². The van der Waals surface area contributed by atoms with Gasteiger partial charge < -0.3 is 20.3 Å². The van der Waals surface area contributed by atoms with E-state index in [2.05, 4.69) is 26.1 Å². The number of aliphatic hydroxyl groups is 2. The van der Waals surface area contributed by atoms with E-state index in [-0.39, 0.29) is 12.1 Å². The van der Waals surface area contributed by atoms with Crippen molar-refractivity contribution in [2.45, 2.75) is 37.1 Å². The molecule has 0 unspecified atom stereocenters. The van der Waals surface area contributed by atoms with E-state index in [0.29, 0.717) is 13.2 Å². The maximum atomic E-state index is 10.5. The summed E-state index contributed by atoms with van der Waals surface area (Å²) in [7, 11) is 0. The van der Waals surface area contributed by atoms with Crippen LogP contribution in [0.15, 0.2) is 0 Å². The predicted molar refractivity (Wildman–Crippen MR) is 73.0 cm³/mol. The van der Waals surface area contributed by atoms with Gasteiger partial charge in [-0.3, -0.25) is 4.90 Å². The molecule has 18 heavy (non-hydrogen) atoms. The second kappa shape index (κ2) is 7.17. The number of ether oxygens (including phenoxy) is 1. The summed E-state index contributed by atoms with van der Waals surface area (Å²) in [4.78, 5) is 2.17. The second-order valence-corrected chi connectivity index (χ2v) is 5.82. The largest absolute Gasteiger partial charge is 0.391 e. The minimum atomic E-state index is -0.508. The molecule has 106 valence electrons. The zero-order chi connectivity index (χ0) is 13.0. The highest BCUT2D eigenvalue weighted by atomic mass is 79.9. The van der Waals surface area contributed by atoms with Crippen LogP contribution in [0.4, 0.5) is 0 Å². The Morgan fingerprint density at radius 3 is 2.61 bits per heavy atom. The van der Waals surface area contributed by atoms with Gasteiger partial charge in [0, 0.05) is 31.0 Å². The van der Waals surface area contributed by atoms with Crippen molar-refractivity contribution in [3.63, 3.8) is 0 Å². The molecule has 5 nitrogen and oxygen atoms in total. The minimum Gasteiger partial charge on any atom is -0.391 e. The van der Waals surface area contributed by atoms with Crippen LogP contribution < -0.4 is 5.32 Å². The first kappa shape index (κ1) is 14.7. The molecule has 1 saturated heterocycles. The Labute approximate surface area is 117 Å². The third-order valence-corrected chi connectivity index (χ3v) is 4.29. The zero-order valence-corrected chi connectivity index (χ0v) is 12.2. The number of rotatable bonds is 4. The molecule has 0 bridgehead atoms. The van der Waals surface area contributed by atoms with Crippen molar-refractivity contribution in [2.75, 3.05) is 38.2 Å². The van der Waals surface area contributed by atoms with Crippen LogP contribution in [0.2, 0.25) is 0 Å². The number of nitrogens with one attached hydrogen (secondary N) is 1. The summed E-state index contributed by atoms with van der Waals surface area (Å²) in [6.07, 6.45) is 0.640. The Balaban J connectivity index is 1.96. The first-order valence-electron chi connectivity index (χ1n) is 6.71. The fraction of sp³-hybridized carbons (Fsp3) is 1.00. The molecule has 0 aromatic rings. The van der Waals surface area contributed by atoms with Gasteiger partial charge in [-0.1, -0.05) is 15.9 Å². The van der Waals surface area contributed by atoms with Gasteiger partial charge in [0.05, 0.1) is 31.5 Å². The van der Waals surface area contributed by atoms with Gasteiger partial charge in [-0.15, -0.1) is 0 Å². The lowest BCUT2D eigenvalue weighted by Gasteiger charge is -2.45. The van der Waals surface area contributed by atoms with Gasteiger partial charge in [-0.25, -0.2) is 0 Å². The number of morpholine rings is 1. The van der Waals surface area contributed by atoms with Crippen molar-refractivity contribution in [3.8, 4) is 0 Å². The average Bonchev–Trinajstić information content (AvgIpc) is 2.39. The van der Waals surface area contributed by atoms with Crippen LogP contribution in [-0.2, 0) is 4.74 Å². The van der Waals surface area contributed by atoms with Crippen LogP contribution in [0.1, 0.15) is 12.8 Å². The first-order valence-corrected chi connectivity index (χ1v) is 7.83. The van der Waals surface area contributed by atoms with E-state index in [1.54, 1.807) is 0 Å². The normalized spacial score (nSPS) is 38.8. The molecule has 4 atom stereocenters. The Hall–Kier alpha value is 0.280. The molecule has 0 radical (unpaired) electrons. The van der Waals surface area contributed by atoms with Gasteiger partial charge in [0.15, 0.2) is 0 Å². The summed E-state index contributed by atoms with van der Waals surface area (Å²) in [5.74, 6) is 0. The third kappa shape index (κ3) is 3.43. The van der Waals surface area contributed by atoms with E-state index in [0.717, 1.165) is 37.8 Å². The highest BCUT2D eigenvalue weighted by Gasteiger charge is 2.41. The minimum absolute atomic E-state index is 0.0822. The van der Waals surface area contributed by atoms with Crippen molar-refractivity contribution in [1.29, 1.82) is 0 Å². The maximum Gasteiger partial charge on any atom is 0.0873 e. The van der Waals surface area contributed by atoms with Crippen molar-refractivity contribution >= 4 is 15.9 Å². The summed E-state index contributed by atoms with van der Waals surface area (Å²) < 4.78 is 5.33. The Bertz CT molecular complexity index is 249. The highest BCUT2D eigenvalue weighted by molar-refractivity contribution is 9.09. The Morgan fingerprint density at radius 2 is 1.94 bits per heavy atom. The van der Waals surface area contributed by atoms with E-state index in [1.807, 2.05) is 0 Å². The quantitative estimate of drug-likeness (QED) is 0.612. The molecule has 0 amide bonds. The molecule has 1 heterocycles. The van der Waals surface area contributed by atoms with E-state index in [1.165, 1.54) is 0 Å². The van der Waals surface area contributed by atoms with Crippen LogP contribution in [0.5, 0.6) is 0 Å². The lowest BCUT2D eigenvalue weighted by atomic mass is 9.84. The number of hydrogen-bond donors (Lipinski definition) is 3. The first-order chi connectivity index (χ1) is 8.74. The van der Waals surface area contributed by atoms with Crippen LogP contribution >= 0.6 is 15.9 Å². The van der Waals surface area contributed by atoms with Gasteiger partial charge in [-0.2, -0.15) is 0 Å². The van der Waals surface area contributed by atoms with Crippen LogP contribution in [0.25, 0.3) is 0 Å².